The molecule has 0 radical (unpaired) electrons. The van der Waals surface area contributed by atoms with E-state index in [9.17, 15) is 9.59 Å². The number of furan rings is 1. The van der Waals surface area contributed by atoms with Crippen molar-refractivity contribution in [1.29, 1.82) is 0 Å². The van der Waals surface area contributed by atoms with Crippen molar-refractivity contribution in [3.63, 3.8) is 0 Å². The number of aliphatic carboxylic acids is 1. The lowest BCUT2D eigenvalue weighted by Gasteiger charge is -2.07. The van der Waals surface area contributed by atoms with E-state index in [4.69, 9.17) is 9.52 Å². The van der Waals surface area contributed by atoms with Gasteiger partial charge in [-0.2, -0.15) is 0 Å². The molecule has 0 bridgehead atoms. The quantitative estimate of drug-likeness (QED) is 0.791. The molecular weight excluding hydrogens is 222 g/mol. The van der Waals surface area contributed by atoms with Crippen molar-refractivity contribution < 1.29 is 19.1 Å². The van der Waals surface area contributed by atoms with Crippen molar-refractivity contribution in [2.24, 2.45) is 5.92 Å². The van der Waals surface area contributed by atoms with Gasteiger partial charge in [0.15, 0.2) is 0 Å². The zero-order chi connectivity index (χ0) is 12.8. The van der Waals surface area contributed by atoms with Crippen molar-refractivity contribution >= 4 is 11.9 Å². The molecule has 2 N–H and O–H groups in total. The average molecular weight is 239 g/mol. The van der Waals surface area contributed by atoms with E-state index in [1.807, 2.05) is 6.92 Å². The molecule has 5 nitrogen and oxygen atoms in total. The van der Waals surface area contributed by atoms with Gasteiger partial charge in [-0.1, -0.05) is 13.8 Å². The Bertz CT molecular complexity index is 397. The number of carboxylic acid groups (broad SMARTS) is 1. The van der Waals surface area contributed by atoms with E-state index in [0.29, 0.717) is 30.7 Å². The molecule has 94 valence electrons. The molecular formula is C12H17NO4. The van der Waals surface area contributed by atoms with Crippen LogP contribution in [0.15, 0.2) is 16.7 Å². The SMILES string of the molecule is CCc1occc1C(=O)NCCC(C)C(=O)O. The maximum atomic E-state index is 11.7. The van der Waals surface area contributed by atoms with E-state index >= 15 is 0 Å². The molecule has 1 rings (SSSR count). The summed E-state index contributed by atoms with van der Waals surface area (Å²) in [6.45, 7) is 3.87. The second kappa shape index (κ2) is 6.08. The molecule has 1 amide bonds. The van der Waals surface area contributed by atoms with Crippen LogP contribution in [0.4, 0.5) is 0 Å². The number of carbonyl (C=O) groups is 2. The number of amides is 1. The Balaban J connectivity index is 2.43. The van der Waals surface area contributed by atoms with Crippen molar-refractivity contribution in [2.45, 2.75) is 26.7 Å². The van der Waals surface area contributed by atoms with Crippen molar-refractivity contribution in [3.8, 4) is 0 Å². The number of hydrogen-bond acceptors (Lipinski definition) is 3. The Morgan fingerprint density at radius 3 is 2.82 bits per heavy atom. The number of carboxylic acids is 1. The molecule has 0 aliphatic carbocycles. The molecule has 0 aliphatic rings. The summed E-state index contributed by atoms with van der Waals surface area (Å²) in [6, 6.07) is 1.62. The Labute approximate surface area is 99.8 Å². The topological polar surface area (TPSA) is 79.5 Å². The molecule has 1 atom stereocenters. The van der Waals surface area contributed by atoms with Crippen molar-refractivity contribution in [2.75, 3.05) is 6.54 Å². The molecule has 17 heavy (non-hydrogen) atoms. The van der Waals surface area contributed by atoms with E-state index in [1.165, 1.54) is 6.26 Å². The molecule has 0 aliphatic heterocycles. The van der Waals surface area contributed by atoms with E-state index in [-0.39, 0.29) is 5.91 Å². The molecule has 0 spiro atoms. The first-order valence-electron chi connectivity index (χ1n) is 5.63. The van der Waals surface area contributed by atoms with Crippen LogP contribution >= 0.6 is 0 Å². The maximum Gasteiger partial charge on any atom is 0.306 e. The standard InChI is InChI=1S/C12H17NO4/c1-3-10-9(5-7-17-10)11(14)13-6-4-8(2)12(15)16/h5,7-8H,3-4,6H2,1-2H3,(H,13,14)(H,15,16). The number of rotatable bonds is 6. The lowest BCUT2D eigenvalue weighted by Crippen LogP contribution is -2.27. The van der Waals surface area contributed by atoms with Gasteiger partial charge in [0.05, 0.1) is 17.7 Å². The van der Waals surface area contributed by atoms with Gasteiger partial charge >= 0.3 is 5.97 Å². The molecule has 1 aromatic rings. The van der Waals surface area contributed by atoms with E-state index in [2.05, 4.69) is 5.32 Å². The number of nitrogens with one attached hydrogen (secondary N) is 1. The van der Waals surface area contributed by atoms with Gasteiger partial charge in [-0.15, -0.1) is 0 Å². The zero-order valence-electron chi connectivity index (χ0n) is 10.0. The molecule has 0 aromatic carbocycles. The summed E-state index contributed by atoms with van der Waals surface area (Å²) in [4.78, 5) is 22.3. The third-order valence-electron chi connectivity index (χ3n) is 2.60. The molecule has 0 saturated carbocycles. The van der Waals surface area contributed by atoms with Crippen LogP contribution in [0.25, 0.3) is 0 Å². The van der Waals surface area contributed by atoms with Crippen LogP contribution in [0.5, 0.6) is 0 Å². The highest BCUT2D eigenvalue weighted by Gasteiger charge is 2.14. The lowest BCUT2D eigenvalue weighted by atomic mass is 10.1. The highest BCUT2D eigenvalue weighted by Crippen LogP contribution is 2.11. The highest BCUT2D eigenvalue weighted by atomic mass is 16.4. The van der Waals surface area contributed by atoms with Crippen LogP contribution in [0.3, 0.4) is 0 Å². The van der Waals surface area contributed by atoms with Crippen LogP contribution in [0.2, 0.25) is 0 Å². The fraction of sp³-hybridized carbons (Fsp3) is 0.500. The minimum atomic E-state index is -0.850. The molecule has 1 heterocycles. The van der Waals surface area contributed by atoms with Crippen molar-refractivity contribution in [3.05, 3.63) is 23.7 Å². The third kappa shape index (κ3) is 3.62. The molecule has 0 saturated heterocycles. The molecule has 0 fully saturated rings. The number of hydrogen-bond donors (Lipinski definition) is 2. The van der Waals surface area contributed by atoms with E-state index in [1.54, 1.807) is 13.0 Å². The van der Waals surface area contributed by atoms with Gasteiger partial charge in [0.2, 0.25) is 0 Å². The lowest BCUT2D eigenvalue weighted by molar-refractivity contribution is -0.141. The summed E-state index contributed by atoms with van der Waals surface area (Å²) in [6.07, 6.45) is 2.55. The predicted octanol–water partition coefficient (Wildman–Crippen LogP) is 1.68. The van der Waals surface area contributed by atoms with Gasteiger partial charge in [-0.05, 0) is 12.5 Å². The summed E-state index contributed by atoms with van der Waals surface area (Å²) in [7, 11) is 0. The smallest absolute Gasteiger partial charge is 0.306 e. The van der Waals surface area contributed by atoms with Crippen LogP contribution < -0.4 is 5.32 Å². The minimum Gasteiger partial charge on any atom is -0.481 e. The first-order valence-corrected chi connectivity index (χ1v) is 5.63. The number of aryl methyl sites for hydroxylation is 1. The van der Waals surface area contributed by atoms with Crippen LogP contribution in [0.1, 0.15) is 36.4 Å². The van der Waals surface area contributed by atoms with E-state index in [0.717, 1.165) is 0 Å². The highest BCUT2D eigenvalue weighted by molar-refractivity contribution is 5.95. The fourth-order valence-electron chi connectivity index (χ4n) is 1.44. The van der Waals surface area contributed by atoms with Gasteiger partial charge < -0.3 is 14.8 Å². The summed E-state index contributed by atoms with van der Waals surface area (Å²) in [5.41, 5.74) is 0.524. The zero-order valence-corrected chi connectivity index (χ0v) is 10.0. The fourth-order valence-corrected chi connectivity index (χ4v) is 1.44. The second-order valence-electron chi connectivity index (χ2n) is 3.89. The monoisotopic (exact) mass is 239 g/mol. The summed E-state index contributed by atoms with van der Waals surface area (Å²) < 4.78 is 5.15. The average Bonchev–Trinajstić information content (AvgIpc) is 2.76. The van der Waals surface area contributed by atoms with Crippen molar-refractivity contribution in [1.82, 2.24) is 5.32 Å². The van der Waals surface area contributed by atoms with Gasteiger partial charge in [-0.25, -0.2) is 0 Å². The normalized spacial score (nSPS) is 12.1. The van der Waals surface area contributed by atoms with Gasteiger partial charge in [0.1, 0.15) is 5.76 Å². The van der Waals surface area contributed by atoms with Crippen LogP contribution in [-0.2, 0) is 11.2 Å². The van der Waals surface area contributed by atoms with Gasteiger partial charge in [-0.3, -0.25) is 9.59 Å². The first-order chi connectivity index (χ1) is 8.06. The maximum absolute atomic E-state index is 11.7. The molecule has 5 heteroatoms. The Morgan fingerprint density at radius 2 is 2.24 bits per heavy atom. The number of carbonyl (C=O) groups excluding carboxylic acids is 1. The Kier molecular flexibility index (Phi) is 4.75. The second-order valence-corrected chi connectivity index (χ2v) is 3.89. The summed E-state index contributed by atoms with van der Waals surface area (Å²) in [5, 5.41) is 11.4. The Hall–Kier alpha value is -1.78. The predicted molar refractivity (Wildman–Crippen MR) is 61.8 cm³/mol. The van der Waals surface area contributed by atoms with Gasteiger partial charge in [0, 0.05) is 13.0 Å². The summed E-state index contributed by atoms with van der Waals surface area (Å²) >= 11 is 0. The van der Waals surface area contributed by atoms with Crippen LogP contribution in [-0.4, -0.2) is 23.5 Å². The van der Waals surface area contributed by atoms with E-state index < -0.39 is 11.9 Å². The minimum absolute atomic E-state index is 0.215. The third-order valence-corrected chi connectivity index (χ3v) is 2.60. The molecule has 1 aromatic heterocycles. The van der Waals surface area contributed by atoms with Gasteiger partial charge in [0.25, 0.3) is 5.91 Å². The summed E-state index contributed by atoms with van der Waals surface area (Å²) in [5.74, 6) is -0.871. The largest absolute Gasteiger partial charge is 0.481 e. The molecule has 1 unspecified atom stereocenters. The van der Waals surface area contributed by atoms with Crippen LogP contribution in [0, 0.1) is 5.92 Å². The Morgan fingerprint density at radius 1 is 1.53 bits per heavy atom. The first kappa shape index (κ1) is 13.3.